The zero-order valence-corrected chi connectivity index (χ0v) is 7.92. The van der Waals surface area contributed by atoms with E-state index in [-0.39, 0.29) is 5.84 Å². The molecule has 0 unspecified atom stereocenters. The largest absolute Gasteiger partial charge is 0.409 e. The van der Waals surface area contributed by atoms with E-state index in [0.717, 1.165) is 25.9 Å². The van der Waals surface area contributed by atoms with Crippen LogP contribution >= 0.6 is 0 Å². The van der Waals surface area contributed by atoms with E-state index in [4.69, 9.17) is 15.7 Å². The van der Waals surface area contributed by atoms with Gasteiger partial charge in [-0.25, -0.2) is 0 Å². The summed E-state index contributed by atoms with van der Waals surface area (Å²) in [6.07, 6.45) is 1.52. The van der Waals surface area contributed by atoms with Crippen molar-refractivity contribution in [2.45, 2.75) is 25.4 Å². The van der Waals surface area contributed by atoms with Gasteiger partial charge in [-0.2, -0.15) is 0 Å². The fourth-order valence-electron chi connectivity index (χ4n) is 1.67. The molecule has 5 heteroatoms. The summed E-state index contributed by atoms with van der Waals surface area (Å²) in [7, 11) is 0. The van der Waals surface area contributed by atoms with Crippen molar-refractivity contribution >= 4 is 5.84 Å². The molecule has 0 amide bonds. The Labute approximate surface area is 77.9 Å². The molecular formula is C8H17N3O2. The predicted molar refractivity (Wildman–Crippen MR) is 49.9 cm³/mol. The number of piperidine rings is 1. The van der Waals surface area contributed by atoms with E-state index in [2.05, 4.69) is 10.5 Å². The Bertz CT molecular complexity index is 182. The van der Waals surface area contributed by atoms with Gasteiger partial charge in [-0.15, -0.1) is 0 Å². The third kappa shape index (κ3) is 2.10. The average Bonchev–Trinajstić information content (AvgIpc) is 2.18. The maximum Gasteiger partial charge on any atom is 0.171 e. The van der Waals surface area contributed by atoms with Crippen LogP contribution in [-0.4, -0.2) is 36.3 Å². The number of oxime groups is 1. The number of ether oxygens (including phenoxy) is 1. The lowest BCUT2D eigenvalue weighted by Gasteiger charge is -2.35. The van der Waals surface area contributed by atoms with Crippen molar-refractivity contribution in [2.24, 2.45) is 10.9 Å². The molecule has 0 aromatic rings. The molecule has 5 nitrogen and oxygen atoms in total. The van der Waals surface area contributed by atoms with Gasteiger partial charge in [-0.05, 0) is 32.9 Å². The molecule has 0 aromatic carbocycles. The Balaban J connectivity index is 2.72. The number of amidine groups is 1. The van der Waals surface area contributed by atoms with Crippen LogP contribution in [0.5, 0.6) is 0 Å². The highest BCUT2D eigenvalue weighted by Gasteiger charge is 2.37. The SMILES string of the molecule is CCOC1(/C(N)=N/O)CCNCC1. The molecule has 1 saturated heterocycles. The summed E-state index contributed by atoms with van der Waals surface area (Å²) in [5.41, 5.74) is 5.07. The summed E-state index contributed by atoms with van der Waals surface area (Å²) in [6.45, 7) is 4.18. The molecule has 76 valence electrons. The molecular weight excluding hydrogens is 170 g/mol. The maximum atomic E-state index is 8.64. The summed E-state index contributed by atoms with van der Waals surface area (Å²) in [5.74, 6) is 0.191. The van der Waals surface area contributed by atoms with Crippen LogP contribution in [0.1, 0.15) is 19.8 Å². The molecule has 0 aliphatic carbocycles. The van der Waals surface area contributed by atoms with Gasteiger partial charge in [0, 0.05) is 6.61 Å². The van der Waals surface area contributed by atoms with E-state index in [0.29, 0.717) is 6.61 Å². The molecule has 1 fully saturated rings. The van der Waals surface area contributed by atoms with Crippen molar-refractivity contribution in [3.63, 3.8) is 0 Å². The van der Waals surface area contributed by atoms with Crippen LogP contribution < -0.4 is 11.1 Å². The van der Waals surface area contributed by atoms with Crippen molar-refractivity contribution in [3.8, 4) is 0 Å². The fourth-order valence-corrected chi connectivity index (χ4v) is 1.67. The van der Waals surface area contributed by atoms with Crippen molar-refractivity contribution in [1.29, 1.82) is 0 Å². The lowest BCUT2D eigenvalue weighted by molar-refractivity contribution is -0.00903. The number of nitrogens with two attached hydrogens (primary N) is 1. The maximum absolute atomic E-state index is 8.64. The topological polar surface area (TPSA) is 79.9 Å². The van der Waals surface area contributed by atoms with E-state index in [1.54, 1.807) is 0 Å². The molecule has 1 rings (SSSR count). The lowest BCUT2D eigenvalue weighted by Crippen LogP contribution is -2.53. The second-order valence-corrected chi connectivity index (χ2v) is 3.16. The van der Waals surface area contributed by atoms with Gasteiger partial charge in [-0.3, -0.25) is 0 Å². The van der Waals surface area contributed by atoms with Gasteiger partial charge in [-0.1, -0.05) is 5.16 Å². The van der Waals surface area contributed by atoms with Crippen molar-refractivity contribution in [3.05, 3.63) is 0 Å². The summed E-state index contributed by atoms with van der Waals surface area (Å²) >= 11 is 0. The zero-order chi connectivity index (χ0) is 9.73. The third-order valence-electron chi connectivity index (χ3n) is 2.41. The highest BCUT2D eigenvalue weighted by atomic mass is 16.5. The minimum Gasteiger partial charge on any atom is -0.409 e. The summed E-state index contributed by atoms with van der Waals surface area (Å²) in [4.78, 5) is 0. The predicted octanol–water partition coefficient (Wildman–Crippen LogP) is -0.108. The first-order valence-electron chi connectivity index (χ1n) is 4.58. The number of rotatable bonds is 3. The van der Waals surface area contributed by atoms with Crippen LogP contribution in [0.15, 0.2) is 5.16 Å². The van der Waals surface area contributed by atoms with E-state index >= 15 is 0 Å². The molecule has 1 heterocycles. The van der Waals surface area contributed by atoms with Gasteiger partial charge in [0.2, 0.25) is 0 Å². The first-order valence-corrected chi connectivity index (χ1v) is 4.58. The van der Waals surface area contributed by atoms with Gasteiger partial charge in [0.25, 0.3) is 0 Å². The monoisotopic (exact) mass is 187 g/mol. The standard InChI is InChI=1S/C8H17N3O2/c1-2-13-8(7(9)11-12)3-5-10-6-4-8/h10,12H,2-6H2,1H3,(H2,9,11). The molecule has 0 aromatic heterocycles. The van der Waals surface area contributed by atoms with Crippen molar-refractivity contribution in [1.82, 2.24) is 5.32 Å². The smallest absolute Gasteiger partial charge is 0.171 e. The van der Waals surface area contributed by atoms with E-state index in [1.807, 2.05) is 6.92 Å². The minimum absolute atomic E-state index is 0.191. The van der Waals surface area contributed by atoms with Gasteiger partial charge in [0.15, 0.2) is 5.84 Å². The molecule has 1 aliphatic rings. The fraction of sp³-hybridized carbons (Fsp3) is 0.875. The molecule has 0 atom stereocenters. The first kappa shape index (κ1) is 10.3. The quantitative estimate of drug-likeness (QED) is 0.249. The molecule has 4 N–H and O–H groups in total. The van der Waals surface area contributed by atoms with Gasteiger partial charge >= 0.3 is 0 Å². The minimum atomic E-state index is -0.547. The highest BCUT2D eigenvalue weighted by molar-refractivity contribution is 5.88. The van der Waals surface area contributed by atoms with Gasteiger partial charge in [0.1, 0.15) is 5.60 Å². The molecule has 13 heavy (non-hydrogen) atoms. The van der Waals surface area contributed by atoms with E-state index < -0.39 is 5.60 Å². The highest BCUT2D eigenvalue weighted by Crippen LogP contribution is 2.23. The second kappa shape index (κ2) is 4.43. The first-order chi connectivity index (χ1) is 6.25. The Morgan fingerprint density at radius 3 is 2.69 bits per heavy atom. The average molecular weight is 187 g/mol. The molecule has 0 saturated carbocycles. The van der Waals surface area contributed by atoms with Crippen LogP contribution in [0, 0.1) is 0 Å². The lowest BCUT2D eigenvalue weighted by atomic mass is 9.91. The van der Waals surface area contributed by atoms with Crippen LogP contribution in [0.4, 0.5) is 0 Å². The van der Waals surface area contributed by atoms with E-state index in [9.17, 15) is 0 Å². The van der Waals surface area contributed by atoms with Crippen LogP contribution in [0.25, 0.3) is 0 Å². The molecule has 0 spiro atoms. The Kier molecular flexibility index (Phi) is 3.50. The van der Waals surface area contributed by atoms with Gasteiger partial charge in [0.05, 0.1) is 0 Å². The van der Waals surface area contributed by atoms with Crippen molar-refractivity contribution < 1.29 is 9.94 Å². The number of nitrogens with zero attached hydrogens (tertiary/aromatic N) is 1. The summed E-state index contributed by atoms with van der Waals surface area (Å²) in [6, 6.07) is 0. The van der Waals surface area contributed by atoms with Crippen LogP contribution in [-0.2, 0) is 4.74 Å². The second-order valence-electron chi connectivity index (χ2n) is 3.16. The normalized spacial score (nSPS) is 23.0. The molecule has 0 bridgehead atoms. The number of nitrogens with one attached hydrogen (secondary N) is 1. The third-order valence-corrected chi connectivity index (χ3v) is 2.41. The number of hydrogen-bond donors (Lipinski definition) is 3. The zero-order valence-electron chi connectivity index (χ0n) is 7.92. The van der Waals surface area contributed by atoms with Gasteiger partial charge < -0.3 is 21.0 Å². The van der Waals surface area contributed by atoms with Crippen LogP contribution in [0.2, 0.25) is 0 Å². The summed E-state index contributed by atoms with van der Waals surface area (Å²) in [5, 5.41) is 14.9. The molecule has 1 aliphatic heterocycles. The van der Waals surface area contributed by atoms with E-state index in [1.165, 1.54) is 0 Å². The summed E-state index contributed by atoms with van der Waals surface area (Å²) < 4.78 is 5.57. The number of hydrogen-bond acceptors (Lipinski definition) is 4. The van der Waals surface area contributed by atoms with Crippen LogP contribution in [0.3, 0.4) is 0 Å². The van der Waals surface area contributed by atoms with Crippen molar-refractivity contribution in [2.75, 3.05) is 19.7 Å². The Hall–Kier alpha value is -0.810. The Morgan fingerprint density at radius 2 is 2.23 bits per heavy atom. The molecule has 0 radical (unpaired) electrons. The Morgan fingerprint density at radius 1 is 1.62 bits per heavy atom.